The van der Waals surface area contributed by atoms with Crippen LogP contribution in [0.3, 0.4) is 0 Å². The van der Waals surface area contributed by atoms with Gasteiger partial charge < -0.3 is 0 Å². The highest BCUT2D eigenvalue weighted by molar-refractivity contribution is 7.99. The average molecular weight is 546 g/mol. The molecular weight excluding hydrogens is 514 g/mol. The van der Waals surface area contributed by atoms with Crippen molar-refractivity contribution in [1.82, 2.24) is 15.2 Å². The summed E-state index contributed by atoms with van der Waals surface area (Å²) in [7, 11) is 0. The Hall–Kier alpha value is -2.66. The number of benzene rings is 2. The highest BCUT2D eigenvalue weighted by Crippen LogP contribution is 2.40. The van der Waals surface area contributed by atoms with E-state index in [9.17, 15) is 19.7 Å². The number of likely N-dealkylation sites (tertiary alicyclic amines) is 2. The van der Waals surface area contributed by atoms with Gasteiger partial charge in [0.2, 0.25) is 0 Å². The van der Waals surface area contributed by atoms with E-state index >= 15 is 0 Å². The maximum atomic E-state index is 13.6. The van der Waals surface area contributed by atoms with Gasteiger partial charge in [0.15, 0.2) is 0 Å². The number of hydrogen-bond donors (Lipinski definition) is 1. The Bertz CT molecular complexity index is 1120. The topological polar surface area (TPSA) is 99.0 Å². The fourth-order valence-corrected chi connectivity index (χ4v) is 5.87. The molecule has 2 aliphatic rings. The third kappa shape index (κ3) is 7.67. The molecule has 2 aromatic rings. The van der Waals surface area contributed by atoms with Gasteiger partial charge in [0, 0.05) is 16.0 Å². The zero-order valence-corrected chi connectivity index (χ0v) is 22.3. The third-order valence-corrected chi connectivity index (χ3v) is 7.92. The van der Waals surface area contributed by atoms with E-state index < -0.39 is 4.92 Å². The van der Waals surface area contributed by atoms with Crippen LogP contribution in [0.1, 0.15) is 38.5 Å². The first-order valence-corrected chi connectivity index (χ1v) is 13.9. The number of rotatable bonds is 8. The fourth-order valence-electron chi connectivity index (χ4n) is 4.68. The molecule has 2 amide bonds. The highest BCUT2D eigenvalue weighted by Gasteiger charge is 2.26. The van der Waals surface area contributed by atoms with Gasteiger partial charge in [-0.1, -0.05) is 48.3 Å². The molecule has 1 N–H and O–H groups in total. The lowest BCUT2D eigenvalue weighted by atomic mass is 10.1. The van der Waals surface area contributed by atoms with Crippen LogP contribution in [-0.4, -0.2) is 65.8 Å². The quantitative estimate of drug-likeness (QED) is 0.378. The van der Waals surface area contributed by atoms with E-state index in [4.69, 9.17) is 11.6 Å². The molecule has 0 aromatic heterocycles. The van der Waals surface area contributed by atoms with Crippen LogP contribution in [0.5, 0.6) is 0 Å². The molecule has 0 aliphatic carbocycles. The summed E-state index contributed by atoms with van der Waals surface area (Å²) in [6.45, 7) is 3.81. The van der Waals surface area contributed by atoms with Crippen LogP contribution in [0.2, 0.25) is 5.02 Å². The first-order chi connectivity index (χ1) is 17.9. The number of amides is 2. The predicted molar refractivity (Wildman–Crippen MR) is 145 cm³/mol. The number of hydrazine groups is 1. The maximum Gasteiger partial charge on any atom is 0.284 e. The van der Waals surface area contributed by atoms with Crippen LogP contribution in [0.4, 0.5) is 11.4 Å². The Balaban J connectivity index is 1.60. The van der Waals surface area contributed by atoms with Crippen LogP contribution < -0.4 is 10.4 Å². The minimum atomic E-state index is -0.476. The van der Waals surface area contributed by atoms with Crippen molar-refractivity contribution >= 4 is 46.6 Å². The van der Waals surface area contributed by atoms with E-state index in [0.29, 0.717) is 15.5 Å². The van der Waals surface area contributed by atoms with Gasteiger partial charge in [-0.15, -0.1) is 0 Å². The summed E-state index contributed by atoms with van der Waals surface area (Å²) in [6, 6.07) is 11.6. The summed E-state index contributed by atoms with van der Waals surface area (Å²) in [5, 5.41) is 13.2. The van der Waals surface area contributed by atoms with Crippen LogP contribution >= 0.6 is 23.4 Å². The minimum Gasteiger partial charge on any atom is -0.294 e. The molecule has 11 heteroatoms. The van der Waals surface area contributed by atoms with E-state index in [-0.39, 0.29) is 35.6 Å². The van der Waals surface area contributed by atoms with E-state index in [1.54, 1.807) is 36.4 Å². The molecule has 2 aliphatic heterocycles. The molecule has 0 spiro atoms. The second-order valence-corrected chi connectivity index (χ2v) is 10.9. The van der Waals surface area contributed by atoms with Gasteiger partial charge in [0.05, 0.1) is 28.6 Å². The Morgan fingerprint density at radius 2 is 1.54 bits per heavy atom. The van der Waals surface area contributed by atoms with Crippen molar-refractivity contribution in [2.24, 2.45) is 0 Å². The van der Waals surface area contributed by atoms with Crippen molar-refractivity contribution in [3.05, 3.63) is 57.6 Å². The molecule has 2 heterocycles. The van der Waals surface area contributed by atoms with Crippen molar-refractivity contribution < 1.29 is 14.5 Å². The van der Waals surface area contributed by atoms with Gasteiger partial charge in [-0.25, -0.2) is 5.01 Å². The number of carbonyl (C=O) groups excluding carboxylic acids is 2. The van der Waals surface area contributed by atoms with Gasteiger partial charge >= 0.3 is 0 Å². The molecule has 37 heavy (non-hydrogen) atoms. The van der Waals surface area contributed by atoms with Crippen LogP contribution in [-0.2, 0) is 9.59 Å². The first kappa shape index (κ1) is 27.4. The van der Waals surface area contributed by atoms with Crippen molar-refractivity contribution in [3.8, 4) is 0 Å². The van der Waals surface area contributed by atoms with E-state index in [0.717, 1.165) is 70.0 Å². The molecule has 2 aromatic carbocycles. The van der Waals surface area contributed by atoms with Gasteiger partial charge in [-0.3, -0.25) is 34.9 Å². The van der Waals surface area contributed by atoms with Crippen LogP contribution in [0.25, 0.3) is 0 Å². The number of anilines is 1. The van der Waals surface area contributed by atoms with Crippen LogP contribution in [0.15, 0.2) is 52.3 Å². The number of piperidine rings is 2. The molecule has 0 bridgehead atoms. The van der Waals surface area contributed by atoms with Gasteiger partial charge in [-0.05, 0) is 76.1 Å². The largest absolute Gasteiger partial charge is 0.294 e. The molecular formula is C26H32ClN5O4S. The standard InChI is InChI=1S/C26H32ClN5O4S/c27-20-11-12-24(22(17-20)32(35)36)37-23-10-4-3-9-21(23)31(26(34)19-30-15-7-2-8-16-30)28-25(33)18-29-13-5-1-6-14-29/h3-4,9-12,17H,1-2,5-8,13-16,18-19H2,(H,28,33). The maximum absolute atomic E-state index is 13.6. The second-order valence-electron chi connectivity index (χ2n) is 9.38. The lowest BCUT2D eigenvalue weighted by Gasteiger charge is -2.31. The lowest BCUT2D eigenvalue weighted by molar-refractivity contribution is -0.387. The van der Waals surface area contributed by atoms with E-state index in [2.05, 4.69) is 15.2 Å². The Labute approximate surface area is 226 Å². The molecule has 9 nitrogen and oxygen atoms in total. The Kier molecular flexibility index (Phi) is 9.79. The van der Waals surface area contributed by atoms with E-state index in [1.807, 2.05) is 0 Å². The number of halogens is 1. The number of para-hydroxylation sites is 1. The highest BCUT2D eigenvalue weighted by atomic mass is 35.5. The normalized spacial score (nSPS) is 16.8. The molecule has 198 valence electrons. The molecule has 2 saturated heterocycles. The summed E-state index contributed by atoms with van der Waals surface area (Å²) < 4.78 is 0. The van der Waals surface area contributed by atoms with Crippen molar-refractivity contribution in [1.29, 1.82) is 0 Å². The molecule has 4 rings (SSSR count). The lowest BCUT2D eigenvalue weighted by Crippen LogP contribution is -2.53. The van der Waals surface area contributed by atoms with Gasteiger partial charge in [-0.2, -0.15) is 0 Å². The van der Waals surface area contributed by atoms with Crippen LogP contribution in [0, 0.1) is 10.1 Å². The third-order valence-electron chi connectivity index (χ3n) is 6.55. The number of nitrogens with zero attached hydrogens (tertiary/aromatic N) is 4. The number of nitro groups is 1. The summed E-state index contributed by atoms with van der Waals surface area (Å²) in [5.41, 5.74) is 3.21. The second kappa shape index (κ2) is 13.2. The summed E-state index contributed by atoms with van der Waals surface area (Å²) in [4.78, 5) is 43.0. The summed E-state index contributed by atoms with van der Waals surface area (Å²) in [6.07, 6.45) is 6.53. The SMILES string of the molecule is O=C(CN1CCCCC1)NN(C(=O)CN1CCCCC1)c1ccccc1Sc1ccc(Cl)cc1[N+](=O)[O-]. The first-order valence-electron chi connectivity index (χ1n) is 12.7. The van der Waals surface area contributed by atoms with Crippen molar-refractivity contribution in [3.63, 3.8) is 0 Å². The average Bonchev–Trinajstić information content (AvgIpc) is 2.90. The number of nitro benzene ring substituents is 1. The number of nitrogens with one attached hydrogen (secondary N) is 1. The predicted octanol–water partition coefficient (Wildman–Crippen LogP) is 4.74. The monoisotopic (exact) mass is 545 g/mol. The smallest absolute Gasteiger partial charge is 0.284 e. The summed E-state index contributed by atoms with van der Waals surface area (Å²) >= 11 is 7.16. The number of carbonyl (C=O) groups is 2. The molecule has 0 radical (unpaired) electrons. The molecule has 0 atom stereocenters. The zero-order valence-electron chi connectivity index (χ0n) is 20.7. The fraction of sp³-hybridized carbons (Fsp3) is 0.462. The minimum absolute atomic E-state index is 0.118. The van der Waals surface area contributed by atoms with Gasteiger partial charge in [0.25, 0.3) is 17.5 Å². The molecule has 2 fully saturated rings. The van der Waals surface area contributed by atoms with Gasteiger partial charge in [0.1, 0.15) is 0 Å². The summed E-state index contributed by atoms with van der Waals surface area (Å²) in [5.74, 6) is -0.501. The van der Waals surface area contributed by atoms with Crippen molar-refractivity contribution in [2.75, 3.05) is 44.3 Å². The molecule has 0 saturated carbocycles. The zero-order chi connectivity index (χ0) is 26.2. The Morgan fingerprint density at radius 3 is 2.19 bits per heavy atom. The number of hydrogen-bond acceptors (Lipinski definition) is 7. The Morgan fingerprint density at radius 1 is 0.919 bits per heavy atom. The molecule has 0 unspecified atom stereocenters. The van der Waals surface area contributed by atoms with E-state index in [1.165, 1.54) is 17.5 Å². The van der Waals surface area contributed by atoms with Crippen molar-refractivity contribution in [2.45, 2.75) is 48.3 Å².